The molecule has 1 aromatic carbocycles. The van der Waals surface area contributed by atoms with Crippen LogP contribution in [-0.2, 0) is 16.1 Å². The predicted molar refractivity (Wildman–Crippen MR) is 88.9 cm³/mol. The van der Waals surface area contributed by atoms with Gasteiger partial charge in [-0.25, -0.2) is 4.79 Å². The number of halogens is 3. The third-order valence-electron chi connectivity index (χ3n) is 3.42. The zero-order valence-corrected chi connectivity index (χ0v) is 14.8. The lowest BCUT2D eigenvalue weighted by Crippen LogP contribution is -2.33. The Labute approximate surface area is 150 Å². The minimum absolute atomic E-state index is 0.117. The Kier molecular flexibility index (Phi) is 8.53. The quantitative estimate of drug-likeness (QED) is 0.876. The number of ether oxygens (including phenoxy) is 1. The number of amides is 1. The van der Waals surface area contributed by atoms with Crippen molar-refractivity contribution in [1.29, 1.82) is 0 Å². The van der Waals surface area contributed by atoms with E-state index >= 15 is 0 Å². The molecule has 1 aromatic rings. The van der Waals surface area contributed by atoms with Crippen molar-refractivity contribution in [2.45, 2.75) is 19.1 Å². The minimum Gasteiger partial charge on any atom is -0.475 e. The Bertz CT molecular complexity index is 598. The molecule has 0 bridgehead atoms. The van der Waals surface area contributed by atoms with Gasteiger partial charge >= 0.3 is 12.1 Å². The van der Waals surface area contributed by atoms with Crippen LogP contribution in [0, 0.1) is 0 Å². The molecule has 146 valence electrons. The largest absolute Gasteiger partial charge is 0.490 e. The van der Waals surface area contributed by atoms with Crippen LogP contribution in [0.4, 0.5) is 13.2 Å². The maximum absolute atomic E-state index is 12.4. The van der Waals surface area contributed by atoms with Crippen molar-refractivity contribution in [2.75, 3.05) is 40.4 Å². The molecule has 9 heteroatoms. The van der Waals surface area contributed by atoms with E-state index in [-0.39, 0.29) is 5.91 Å². The molecule has 0 spiro atoms. The predicted octanol–water partition coefficient (Wildman–Crippen LogP) is 2.24. The van der Waals surface area contributed by atoms with E-state index in [4.69, 9.17) is 14.6 Å². The highest BCUT2D eigenvalue weighted by atomic mass is 19.4. The van der Waals surface area contributed by atoms with Gasteiger partial charge in [-0.15, -0.1) is 0 Å². The molecular weight excluding hydrogens is 353 g/mol. The first-order valence-electron chi connectivity index (χ1n) is 8.02. The Balaban J connectivity index is 0.000000412. The molecule has 0 saturated carbocycles. The molecule has 1 heterocycles. The fourth-order valence-electron chi connectivity index (χ4n) is 2.30. The van der Waals surface area contributed by atoms with Crippen molar-refractivity contribution in [3.8, 4) is 0 Å². The molecule has 0 aromatic heterocycles. The second kappa shape index (κ2) is 10.1. The summed E-state index contributed by atoms with van der Waals surface area (Å²) in [6, 6.07) is 7.91. The van der Waals surface area contributed by atoms with Gasteiger partial charge in [-0.05, 0) is 38.2 Å². The third kappa shape index (κ3) is 7.83. The normalized spacial score (nSPS) is 15.1. The molecule has 0 aliphatic carbocycles. The summed E-state index contributed by atoms with van der Waals surface area (Å²) in [5.41, 5.74) is 1.95. The summed E-state index contributed by atoms with van der Waals surface area (Å²) >= 11 is 0. The van der Waals surface area contributed by atoms with Crippen molar-refractivity contribution >= 4 is 11.9 Å². The van der Waals surface area contributed by atoms with Crippen LogP contribution in [0.25, 0.3) is 0 Å². The number of hydrogen-bond donors (Lipinski definition) is 1. The van der Waals surface area contributed by atoms with Gasteiger partial charge in [0.1, 0.15) is 0 Å². The highest BCUT2D eigenvalue weighted by Gasteiger charge is 2.38. The number of alkyl halides is 3. The first kappa shape index (κ1) is 21.9. The maximum Gasteiger partial charge on any atom is 0.490 e. The van der Waals surface area contributed by atoms with Crippen molar-refractivity contribution < 1.29 is 32.6 Å². The Morgan fingerprint density at radius 1 is 1.23 bits per heavy atom. The molecule has 2 rings (SSSR count). The molecule has 26 heavy (non-hydrogen) atoms. The van der Waals surface area contributed by atoms with Crippen molar-refractivity contribution in [3.63, 3.8) is 0 Å². The van der Waals surface area contributed by atoms with Crippen LogP contribution in [0.5, 0.6) is 0 Å². The van der Waals surface area contributed by atoms with Gasteiger partial charge in [0.15, 0.2) is 0 Å². The number of hydrogen-bond acceptors (Lipinski definition) is 4. The van der Waals surface area contributed by atoms with E-state index in [1.54, 1.807) is 0 Å². The maximum atomic E-state index is 12.4. The second-order valence-electron chi connectivity index (χ2n) is 6.00. The summed E-state index contributed by atoms with van der Waals surface area (Å²) in [7, 11) is 4.06. The van der Waals surface area contributed by atoms with Crippen LogP contribution in [0.3, 0.4) is 0 Å². The van der Waals surface area contributed by atoms with Gasteiger partial charge in [-0.2, -0.15) is 13.2 Å². The first-order valence-corrected chi connectivity index (χ1v) is 8.02. The van der Waals surface area contributed by atoms with Gasteiger partial charge in [0.05, 0.1) is 6.61 Å². The van der Waals surface area contributed by atoms with Crippen LogP contribution in [0.15, 0.2) is 24.3 Å². The monoisotopic (exact) mass is 376 g/mol. The summed E-state index contributed by atoms with van der Waals surface area (Å²) in [6.45, 7) is 3.73. The highest BCUT2D eigenvalue weighted by molar-refractivity contribution is 5.94. The average molecular weight is 376 g/mol. The Hall–Kier alpha value is -2.13. The zero-order valence-electron chi connectivity index (χ0n) is 14.8. The van der Waals surface area contributed by atoms with E-state index in [2.05, 4.69) is 11.0 Å². The minimum atomic E-state index is -5.08. The number of carbonyl (C=O) groups excluding carboxylic acids is 1. The Morgan fingerprint density at radius 2 is 1.88 bits per heavy atom. The summed E-state index contributed by atoms with van der Waals surface area (Å²) in [5, 5.41) is 7.12. The molecule has 1 N–H and O–H groups in total. The number of nitrogens with zero attached hydrogens (tertiary/aromatic N) is 2. The number of carboxylic acid groups (broad SMARTS) is 1. The topological polar surface area (TPSA) is 70.1 Å². The lowest BCUT2D eigenvalue weighted by molar-refractivity contribution is -0.192. The average Bonchev–Trinajstić information content (AvgIpc) is 2.82. The second-order valence-corrected chi connectivity index (χ2v) is 6.00. The van der Waals surface area contributed by atoms with Crippen LogP contribution < -0.4 is 0 Å². The summed E-state index contributed by atoms with van der Waals surface area (Å²) in [6.07, 6.45) is -4.16. The van der Waals surface area contributed by atoms with E-state index in [9.17, 15) is 18.0 Å². The number of rotatable bonds is 3. The highest BCUT2D eigenvalue weighted by Crippen LogP contribution is 2.13. The smallest absolute Gasteiger partial charge is 0.475 e. The number of aliphatic carboxylic acids is 1. The van der Waals surface area contributed by atoms with Gasteiger partial charge in [-0.3, -0.25) is 4.79 Å². The fourth-order valence-corrected chi connectivity index (χ4v) is 2.30. The molecule has 0 radical (unpaired) electrons. The van der Waals surface area contributed by atoms with E-state index in [0.29, 0.717) is 13.2 Å². The molecule has 1 aliphatic rings. The van der Waals surface area contributed by atoms with Gasteiger partial charge < -0.3 is 19.6 Å². The molecule has 1 fully saturated rings. The number of benzene rings is 1. The standard InChI is InChI=1S/C15H22N2O2.C2HF3O2/c1-16(2)12-13-5-3-6-14(11-13)15(18)17-7-4-9-19-10-8-17;3-2(4,5)1(6)7/h3,5-6,11H,4,7-10,12H2,1-2H3;(H,6,7). The molecular formula is C17H23F3N2O4. The van der Waals surface area contributed by atoms with Gasteiger partial charge in [0.25, 0.3) is 5.91 Å². The van der Waals surface area contributed by atoms with E-state index < -0.39 is 12.1 Å². The summed E-state index contributed by atoms with van der Waals surface area (Å²) in [5.74, 6) is -2.64. The SMILES string of the molecule is CN(C)Cc1cccc(C(=O)N2CCCOCC2)c1.O=C(O)C(F)(F)F. The van der Waals surface area contributed by atoms with E-state index in [1.165, 1.54) is 5.56 Å². The number of carboxylic acids is 1. The van der Waals surface area contributed by atoms with Crippen molar-refractivity contribution in [1.82, 2.24) is 9.80 Å². The Morgan fingerprint density at radius 3 is 2.46 bits per heavy atom. The van der Waals surface area contributed by atoms with Crippen LogP contribution >= 0.6 is 0 Å². The first-order chi connectivity index (χ1) is 12.1. The summed E-state index contributed by atoms with van der Waals surface area (Å²) < 4.78 is 37.1. The zero-order chi connectivity index (χ0) is 19.7. The van der Waals surface area contributed by atoms with Crippen LogP contribution in [0.2, 0.25) is 0 Å². The lowest BCUT2D eigenvalue weighted by Gasteiger charge is -2.20. The molecule has 6 nitrogen and oxygen atoms in total. The van der Waals surface area contributed by atoms with Crippen LogP contribution in [0.1, 0.15) is 22.3 Å². The van der Waals surface area contributed by atoms with E-state index in [0.717, 1.165) is 31.7 Å². The molecule has 1 aliphatic heterocycles. The molecule has 0 atom stereocenters. The van der Waals surface area contributed by atoms with E-state index in [1.807, 2.05) is 37.2 Å². The summed E-state index contributed by atoms with van der Waals surface area (Å²) in [4.78, 5) is 25.3. The lowest BCUT2D eigenvalue weighted by atomic mass is 10.1. The van der Waals surface area contributed by atoms with Crippen LogP contribution in [-0.4, -0.2) is 73.4 Å². The fraction of sp³-hybridized carbons (Fsp3) is 0.529. The molecule has 0 unspecified atom stereocenters. The van der Waals surface area contributed by atoms with Gasteiger partial charge in [0, 0.05) is 31.8 Å². The number of carbonyl (C=O) groups is 2. The third-order valence-corrected chi connectivity index (χ3v) is 3.42. The van der Waals surface area contributed by atoms with Crippen molar-refractivity contribution in [2.24, 2.45) is 0 Å². The molecule has 1 saturated heterocycles. The van der Waals surface area contributed by atoms with Crippen molar-refractivity contribution in [3.05, 3.63) is 35.4 Å². The van der Waals surface area contributed by atoms with Gasteiger partial charge in [0.2, 0.25) is 0 Å². The van der Waals surface area contributed by atoms with Gasteiger partial charge in [-0.1, -0.05) is 12.1 Å². The molecule has 1 amide bonds.